The Morgan fingerprint density at radius 1 is 1.25 bits per heavy atom. The first kappa shape index (κ1) is 13.8. The van der Waals surface area contributed by atoms with Crippen molar-refractivity contribution in [3.63, 3.8) is 0 Å². The van der Waals surface area contributed by atoms with Crippen LogP contribution in [0.3, 0.4) is 0 Å². The van der Waals surface area contributed by atoms with Crippen LogP contribution in [0.2, 0.25) is 0 Å². The molecule has 1 atom stereocenters. The van der Waals surface area contributed by atoms with Gasteiger partial charge in [0.2, 0.25) is 0 Å². The monoisotopic (exact) mass is 293 g/mol. The highest BCUT2D eigenvalue weighted by atomic mass is 32.1. The predicted molar refractivity (Wildman–Crippen MR) is 83.7 cm³/mol. The van der Waals surface area contributed by atoms with E-state index in [1.54, 1.807) is 0 Å². The second kappa shape index (κ2) is 5.66. The van der Waals surface area contributed by atoms with E-state index < -0.39 is 0 Å². The maximum atomic E-state index is 14.2. The van der Waals surface area contributed by atoms with Crippen LogP contribution >= 0.6 is 12.2 Å². The van der Waals surface area contributed by atoms with Gasteiger partial charge in [0.25, 0.3) is 0 Å². The number of nitrogens with two attached hydrogens (primary N) is 1. The Kier molecular flexibility index (Phi) is 3.89. The summed E-state index contributed by atoms with van der Waals surface area (Å²) in [5.41, 5.74) is 6.81. The van der Waals surface area contributed by atoms with Crippen molar-refractivity contribution < 1.29 is 4.39 Å². The molecule has 2 aliphatic heterocycles. The number of nitrogens with zero attached hydrogens (tertiary/aromatic N) is 2. The topological polar surface area (TPSA) is 32.5 Å². The zero-order chi connectivity index (χ0) is 14.1. The van der Waals surface area contributed by atoms with Crippen molar-refractivity contribution in [2.75, 3.05) is 31.1 Å². The van der Waals surface area contributed by atoms with Crippen LogP contribution < -0.4 is 10.6 Å². The fourth-order valence-corrected chi connectivity index (χ4v) is 3.42. The molecule has 2 aliphatic rings. The minimum atomic E-state index is -0.223. The van der Waals surface area contributed by atoms with E-state index in [-0.39, 0.29) is 10.8 Å². The summed E-state index contributed by atoms with van der Waals surface area (Å²) in [7, 11) is 0. The Hall–Kier alpha value is -1.20. The second-order valence-corrected chi connectivity index (χ2v) is 6.10. The fourth-order valence-electron chi connectivity index (χ4n) is 3.29. The van der Waals surface area contributed by atoms with Crippen LogP contribution in [0.4, 0.5) is 10.1 Å². The standard InChI is InChI=1S/C15H20FN3S/c16-13-9-11(15(17)20)4-5-14(13)19-8-7-18-6-2-1-3-12(18)10-19/h4-5,9,12H,1-3,6-8,10H2,(H2,17,20). The molecule has 108 valence electrons. The van der Waals surface area contributed by atoms with Crippen molar-refractivity contribution in [1.82, 2.24) is 4.90 Å². The van der Waals surface area contributed by atoms with Gasteiger partial charge in [-0.15, -0.1) is 0 Å². The van der Waals surface area contributed by atoms with Gasteiger partial charge in [0, 0.05) is 31.2 Å². The van der Waals surface area contributed by atoms with E-state index >= 15 is 0 Å². The Morgan fingerprint density at radius 2 is 2.10 bits per heavy atom. The molecule has 20 heavy (non-hydrogen) atoms. The largest absolute Gasteiger partial charge is 0.389 e. The Labute approximate surface area is 124 Å². The quantitative estimate of drug-likeness (QED) is 0.847. The van der Waals surface area contributed by atoms with Gasteiger partial charge < -0.3 is 10.6 Å². The van der Waals surface area contributed by atoms with Crippen LogP contribution in [0, 0.1) is 5.82 Å². The number of hydrogen-bond donors (Lipinski definition) is 1. The molecule has 2 heterocycles. The van der Waals surface area contributed by atoms with Crippen LogP contribution in [0.5, 0.6) is 0 Å². The molecule has 2 N–H and O–H groups in total. The lowest BCUT2D eigenvalue weighted by molar-refractivity contribution is 0.133. The van der Waals surface area contributed by atoms with Gasteiger partial charge in [-0.2, -0.15) is 0 Å². The maximum absolute atomic E-state index is 14.2. The third-order valence-corrected chi connectivity index (χ3v) is 4.65. The predicted octanol–water partition coefficient (Wildman–Crippen LogP) is 2.13. The highest BCUT2D eigenvalue weighted by molar-refractivity contribution is 7.80. The molecule has 1 unspecified atom stereocenters. The number of halogens is 1. The van der Waals surface area contributed by atoms with Gasteiger partial charge in [-0.1, -0.05) is 18.6 Å². The van der Waals surface area contributed by atoms with E-state index in [0.717, 1.165) is 19.6 Å². The lowest BCUT2D eigenvalue weighted by Gasteiger charge is -2.45. The van der Waals surface area contributed by atoms with Gasteiger partial charge in [0.1, 0.15) is 10.8 Å². The summed E-state index contributed by atoms with van der Waals surface area (Å²) in [6, 6.07) is 5.65. The van der Waals surface area contributed by atoms with E-state index in [4.69, 9.17) is 18.0 Å². The number of benzene rings is 1. The number of piperidine rings is 1. The molecule has 3 rings (SSSR count). The Bertz CT molecular complexity index is 520. The first-order valence-corrected chi connectivity index (χ1v) is 7.64. The molecule has 0 aromatic heterocycles. The molecule has 1 aromatic rings. The number of piperazine rings is 1. The minimum absolute atomic E-state index is 0.223. The molecule has 0 bridgehead atoms. The van der Waals surface area contributed by atoms with Gasteiger partial charge in [-0.3, -0.25) is 4.90 Å². The molecule has 0 amide bonds. The molecule has 2 fully saturated rings. The molecular formula is C15H20FN3S. The lowest BCUT2D eigenvalue weighted by Crippen LogP contribution is -2.55. The number of anilines is 1. The Balaban J connectivity index is 1.78. The average molecular weight is 293 g/mol. The zero-order valence-electron chi connectivity index (χ0n) is 11.5. The number of fused-ring (bicyclic) bond motifs is 1. The highest BCUT2D eigenvalue weighted by Gasteiger charge is 2.29. The molecule has 1 aromatic carbocycles. The van der Waals surface area contributed by atoms with Gasteiger partial charge in [-0.25, -0.2) is 4.39 Å². The van der Waals surface area contributed by atoms with E-state index in [1.807, 2.05) is 12.1 Å². The van der Waals surface area contributed by atoms with Crippen molar-refractivity contribution in [3.8, 4) is 0 Å². The SMILES string of the molecule is NC(=S)c1ccc(N2CCN3CCCCC3C2)c(F)c1. The number of thiocarbonyl (C=S) groups is 1. The molecule has 0 aliphatic carbocycles. The van der Waals surface area contributed by atoms with Gasteiger partial charge in [0.05, 0.1) is 5.69 Å². The molecule has 5 heteroatoms. The molecule has 0 spiro atoms. The highest BCUT2D eigenvalue weighted by Crippen LogP contribution is 2.27. The van der Waals surface area contributed by atoms with Crippen LogP contribution in [-0.4, -0.2) is 42.1 Å². The van der Waals surface area contributed by atoms with Crippen molar-refractivity contribution in [2.45, 2.75) is 25.3 Å². The summed E-state index contributed by atoms with van der Waals surface area (Å²) in [4.78, 5) is 4.94. The van der Waals surface area contributed by atoms with E-state index in [2.05, 4.69) is 9.80 Å². The van der Waals surface area contributed by atoms with Crippen molar-refractivity contribution >= 4 is 22.9 Å². The number of hydrogen-bond acceptors (Lipinski definition) is 3. The van der Waals surface area contributed by atoms with E-state index in [0.29, 0.717) is 17.3 Å². The zero-order valence-corrected chi connectivity index (χ0v) is 12.3. The van der Waals surface area contributed by atoms with Crippen molar-refractivity contribution in [2.24, 2.45) is 5.73 Å². The molecular weight excluding hydrogens is 273 g/mol. The Morgan fingerprint density at radius 3 is 2.85 bits per heavy atom. The summed E-state index contributed by atoms with van der Waals surface area (Å²) >= 11 is 4.89. The average Bonchev–Trinajstić information content (AvgIpc) is 2.46. The summed E-state index contributed by atoms with van der Waals surface area (Å²) < 4.78 is 14.2. The van der Waals surface area contributed by atoms with Crippen LogP contribution in [0.15, 0.2) is 18.2 Å². The molecule has 0 saturated carbocycles. The summed E-state index contributed by atoms with van der Waals surface area (Å²) in [5, 5.41) is 0. The summed E-state index contributed by atoms with van der Waals surface area (Å²) in [5.74, 6) is -0.223. The van der Waals surface area contributed by atoms with Gasteiger partial charge >= 0.3 is 0 Å². The normalized spacial score (nSPS) is 23.4. The molecule has 3 nitrogen and oxygen atoms in total. The molecule has 2 saturated heterocycles. The minimum Gasteiger partial charge on any atom is -0.389 e. The van der Waals surface area contributed by atoms with Crippen LogP contribution in [-0.2, 0) is 0 Å². The van der Waals surface area contributed by atoms with Gasteiger partial charge in [0.15, 0.2) is 0 Å². The maximum Gasteiger partial charge on any atom is 0.147 e. The van der Waals surface area contributed by atoms with Crippen molar-refractivity contribution in [1.29, 1.82) is 0 Å². The van der Waals surface area contributed by atoms with Crippen molar-refractivity contribution in [3.05, 3.63) is 29.6 Å². The molecule has 0 radical (unpaired) electrons. The van der Waals surface area contributed by atoms with Crippen LogP contribution in [0.1, 0.15) is 24.8 Å². The first-order chi connectivity index (χ1) is 9.65. The fraction of sp³-hybridized carbons (Fsp3) is 0.533. The van der Waals surface area contributed by atoms with E-state index in [9.17, 15) is 4.39 Å². The third kappa shape index (κ3) is 2.65. The van der Waals surface area contributed by atoms with Gasteiger partial charge in [-0.05, 0) is 37.6 Å². The van der Waals surface area contributed by atoms with E-state index in [1.165, 1.54) is 31.9 Å². The summed E-state index contributed by atoms with van der Waals surface area (Å²) in [6.07, 6.45) is 3.81. The first-order valence-electron chi connectivity index (χ1n) is 7.23. The smallest absolute Gasteiger partial charge is 0.147 e. The number of rotatable bonds is 2. The lowest BCUT2D eigenvalue weighted by atomic mass is 9.99. The second-order valence-electron chi connectivity index (χ2n) is 5.66. The van der Waals surface area contributed by atoms with Crippen LogP contribution in [0.25, 0.3) is 0 Å². The summed E-state index contributed by atoms with van der Waals surface area (Å²) in [6.45, 7) is 4.03. The third-order valence-electron chi connectivity index (χ3n) is 4.41.